The highest BCUT2D eigenvalue weighted by atomic mass is 16.3. The zero-order chi connectivity index (χ0) is 25.7. The van der Waals surface area contributed by atoms with Gasteiger partial charge < -0.3 is 30.5 Å². The number of aromatic amines is 1. The average Bonchev–Trinajstić information content (AvgIpc) is 2.86. The van der Waals surface area contributed by atoms with Gasteiger partial charge in [-0.3, -0.25) is 14.4 Å². The summed E-state index contributed by atoms with van der Waals surface area (Å²) in [6.07, 6.45) is 1.60. The molecule has 1 heterocycles. The van der Waals surface area contributed by atoms with Crippen molar-refractivity contribution in [2.75, 3.05) is 53.4 Å². The molecule has 2 aromatic carbocycles. The maximum atomic E-state index is 13.0. The minimum absolute atomic E-state index is 0.0267. The quantitative estimate of drug-likeness (QED) is 0.237. The monoisotopic (exact) mass is 482 g/mol. The molecule has 4 N–H and O–H groups in total. The summed E-state index contributed by atoms with van der Waals surface area (Å²) < 4.78 is 0. The van der Waals surface area contributed by atoms with Crippen molar-refractivity contribution in [3.63, 3.8) is 0 Å². The van der Waals surface area contributed by atoms with Crippen LogP contribution in [0, 0.1) is 6.92 Å². The number of fused-ring (bicyclic) bond motifs is 2. The zero-order valence-electron chi connectivity index (χ0n) is 21.0. The Balaban J connectivity index is 2.12. The maximum Gasteiger partial charge on any atom is 0.253 e. The first-order valence-corrected chi connectivity index (χ1v) is 11.8. The Kier molecular flexibility index (Phi) is 8.42. The second-order valence-electron chi connectivity index (χ2n) is 8.66. The van der Waals surface area contributed by atoms with E-state index in [0.717, 1.165) is 19.6 Å². The molecule has 0 atom stereocenters. The van der Waals surface area contributed by atoms with Crippen molar-refractivity contribution < 1.29 is 9.90 Å². The molecule has 0 aliphatic heterocycles. The number of likely N-dealkylation sites (N-methyl/N-ethyl adjacent to an activating group) is 2. The first kappa shape index (κ1) is 26.1. The number of hydrogen-bond donors (Lipinski definition) is 4. The van der Waals surface area contributed by atoms with E-state index in [4.69, 9.17) is 0 Å². The molecule has 188 valence electrons. The number of H-pyrrole nitrogens is 1. The van der Waals surface area contributed by atoms with E-state index >= 15 is 0 Å². The molecule has 0 spiro atoms. The van der Waals surface area contributed by atoms with Gasteiger partial charge in [-0.25, -0.2) is 4.98 Å². The molecule has 0 aliphatic carbocycles. The van der Waals surface area contributed by atoms with Crippen LogP contribution in [0.15, 0.2) is 21.7 Å². The normalized spacial score (nSPS) is 12.3. The summed E-state index contributed by atoms with van der Waals surface area (Å²) in [5.74, 6) is -0.561. The van der Waals surface area contributed by atoms with Crippen molar-refractivity contribution in [3.8, 4) is 5.75 Å². The predicted molar refractivity (Wildman–Crippen MR) is 139 cm³/mol. The topological polar surface area (TPSA) is 131 Å². The molecule has 0 fully saturated rings. The first-order valence-electron chi connectivity index (χ1n) is 11.8. The number of nitrogens with zero attached hydrogens (tertiary/aromatic N) is 3. The molecular weight excluding hydrogens is 448 g/mol. The highest BCUT2D eigenvalue weighted by molar-refractivity contribution is 6.06. The molecule has 10 nitrogen and oxygen atoms in total. The average molecular weight is 483 g/mol. The number of carbonyl (C=O) groups is 1. The summed E-state index contributed by atoms with van der Waals surface area (Å²) >= 11 is 0. The van der Waals surface area contributed by atoms with Gasteiger partial charge in [-0.05, 0) is 46.2 Å². The van der Waals surface area contributed by atoms with Crippen molar-refractivity contribution >= 4 is 34.2 Å². The third-order valence-corrected chi connectivity index (χ3v) is 6.27. The molecule has 0 saturated heterocycles. The summed E-state index contributed by atoms with van der Waals surface area (Å²) in [6.45, 7) is 9.88. The third-order valence-electron chi connectivity index (χ3n) is 6.27. The lowest BCUT2D eigenvalue weighted by molar-refractivity contribution is 0.0951. The van der Waals surface area contributed by atoms with Gasteiger partial charge in [0.25, 0.3) is 5.91 Å². The first-order chi connectivity index (χ1) is 16.7. The van der Waals surface area contributed by atoms with Crippen LogP contribution in [0.5, 0.6) is 5.75 Å². The van der Waals surface area contributed by atoms with Crippen LogP contribution in [0.3, 0.4) is 0 Å². The van der Waals surface area contributed by atoms with E-state index in [-0.39, 0.29) is 44.9 Å². The highest BCUT2D eigenvalue weighted by Crippen LogP contribution is 2.17. The minimum Gasteiger partial charge on any atom is -0.507 e. The summed E-state index contributed by atoms with van der Waals surface area (Å²) in [4.78, 5) is 50.2. The fourth-order valence-corrected chi connectivity index (χ4v) is 3.66. The smallest absolute Gasteiger partial charge is 0.253 e. The number of hydrogen-bond acceptors (Lipinski definition) is 8. The molecule has 0 unspecified atom stereocenters. The van der Waals surface area contributed by atoms with Gasteiger partial charge in [-0.2, -0.15) is 0 Å². The lowest BCUT2D eigenvalue weighted by Gasteiger charge is -2.14. The van der Waals surface area contributed by atoms with Crippen molar-refractivity contribution in [2.24, 2.45) is 0 Å². The molecule has 3 rings (SSSR count). The van der Waals surface area contributed by atoms with Gasteiger partial charge in [-0.1, -0.05) is 13.8 Å². The van der Waals surface area contributed by atoms with Crippen molar-refractivity contribution in [1.29, 1.82) is 0 Å². The standard InChI is InChI=1S/C25H34N6O4/c1-6-30(4)12-10-26-14-17-20-22(24(34)15(3)23(17)33)29-19-16(8-9-18(32)21(19)28-20)25(35)27-11-13-31(5)7-2/h8-9,14,26,29,33H,6-7,10-13H2,1-5H3,(H,27,35). The number of benzene rings is 2. The molecule has 0 radical (unpaired) electrons. The number of rotatable bonds is 10. The van der Waals surface area contributed by atoms with Crippen LogP contribution in [-0.4, -0.2) is 84.1 Å². The third kappa shape index (κ3) is 5.60. The molecule has 0 saturated carbocycles. The Hall–Kier alpha value is -3.50. The Morgan fingerprint density at radius 1 is 1.06 bits per heavy atom. The fraction of sp³-hybridized carbons (Fsp3) is 0.440. The largest absolute Gasteiger partial charge is 0.507 e. The maximum absolute atomic E-state index is 13.0. The lowest BCUT2D eigenvalue weighted by Crippen LogP contribution is -2.33. The molecule has 35 heavy (non-hydrogen) atoms. The molecule has 1 amide bonds. The van der Waals surface area contributed by atoms with Gasteiger partial charge in [0.2, 0.25) is 10.9 Å². The fourth-order valence-electron chi connectivity index (χ4n) is 3.66. The van der Waals surface area contributed by atoms with E-state index in [2.05, 4.69) is 37.3 Å². The summed E-state index contributed by atoms with van der Waals surface area (Å²) in [7, 11) is 3.95. The number of phenolic OH excluding ortho intramolecular Hbond substituents is 1. The van der Waals surface area contributed by atoms with Gasteiger partial charge in [-0.15, -0.1) is 0 Å². The summed E-state index contributed by atoms with van der Waals surface area (Å²) in [5, 5.41) is 17.0. The van der Waals surface area contributed by atoms with E-state index in [1.165, 1.54) is 19.1 Å². The molecule has 10 heteroatoms. The number of aromatic nitrogens is 2. The zero-order valence-corrected chi connectivity index (χ0v) is 21.0. The van der Waals surface area contributed by atoms with Crippen LogP contribution >= 0.6 is 0 Å². The van der Waals surface area contributed by atoms with Gasteiger partial charge in [0, 0.05) is 37.9 Å². The van der Waals surface area contributed by atoms with Crippen molar-refractivity contribution in [2.45, 2.75) is 20.8 Å². The van der Waals surface area contributed by atoms with Crippen LogP contribution in [0.25, 0.3) is 28.3 Å². The van der Waals surface area contributed by atoms with Crippen molar-refractivity contribution in [1.82, 2.24) is 30.4 Å². The molecule has 0 aliphatic rings. The summed E-state index contributed by atoms with van der Waals surface area (Å²) in [6, 6.07) is 2.72. The van der Waals surface area contributed by atoms with Crippen LogP contribution in [-0.2, 0) is 0 Å². The number of amides is 1. The Morgan fingerprint density at radius 3 is 2.37 bits per heavy atom. The van der Waals surface area contributed by atoms with Gasteiger partial charge in [0.15, 0.2) is 0 Å². The Labute approximate surface area is 203 Å². The van der Waals surface area contributed by atoms with Crippen LogP contribution < -0.4 is 26.7 Å². The molecule has 1 aromatic heterocycles. The number of phenols is 1. The summed E-state index contributed by atoms with van der Waals surface area (Å²) in [5.41, 5.74) is 0.0531. The van der Waals surface area contributed by atoms with Gasteiger partial charge >= 0.3 is 0 Å². The van der Waals surface area contributed by atoms with Crippen molar-refractivity contribution in [3.05, 3.63) is 48.9 Å². The number of aromatic hydroxyl groups is 1. The van der Waals surface area contributed by atoms with Crippen LogP contribution in [0.4, 0.5) is 0 Å². The molecular formula is C25H34N6O4. The van der Waals surface area contributed by atoms with E-state index in [1.54, 1.807) is 6.20 Å². The second-order valence-corrected chi connectivity index (χ2v) is 8.66. The van der Waals surface area contributed by atoms with E-state index in [1.807, 2.05) is 21.0 Å². The van der Waals surface area contributed by atoms with E-state index in [9.17, 15) is 19.5 Å². The highest BCUT2D eigenvalue weighted by Gasteiger charge is 2.18. The van der Waals surface area contributed by atoms with Gasteiger partial charge in [0.05, 0.1) is 16.3 Å². The van der Waals surface area contributed by atoms with E-state index < -0.39 is 10.9 Å². The van der Waals surface area contributed by atoms with Gasteiger partial charge in [0.1, 0.15) is 22.3 Å². The molecule has 0 bridgehead atoms. The SMILES string of the molecule is CCN(C)CCNC=c1c(O)c(C)c(=O)c2[nH]c3c(C(=O)NCCN(C)CC)ccc(=O)c3nc12. The van der Waals surface area contributed by atoms with E-state index in [0.29, 0.717) is 24.9 Å². The minimum atomic E-state index is -0.443. The molecule has 3 aromatic rings. The Bertz CT molecular complexity index is 1400. The number of carbonyl (C=O) groups excluding carboxylic acids is 1. The van der Waals surface area contributed by atoms with Crippen LogP contribution in [0.2, 0.25) is 0 Å². The lowest BCUT2D eigenvalue weighted by atomic mass is 10.1. The van der Waals surface area contributed by atoms with Crippen LogP contribution in [0.1, 0.15) is 29.8 Å². The Morgan fingerprint density at radius 2 is 1.71 bits per heavy atom. The number of nitrogens with one attached hydrogen (secondary N) is 3. The predicted octanol–water partition coefficient (Wildman–Crippen LogP) is 0.130. The second kappa shape index (κ2) is 11.3.